The monoisotopic (exact) mass is 1060 g/mol. The molecule has 0 N–H and O–H groups in total. The maximum absolute atomic E-state index is 13.5. The topological polar surface area (TPSA) is 233 Å². The van der Waals surface area contributed by atoms with Crippen LogP contribution in [-0.4, -0.2) is 132 Å². The Hall–Kier alpha value is -8.31. The first-order valence-corrected chi connectivity index (χ1v) is 25.8. The van der Waals surface area contributed by atoms with E-state index in [1.807, 2.05) is 75.8 Å². The van der Waals surface area contributed by atoms with Crippen LogP contribution in [0.5, 0.6) is 0 Å². The van der Waals surface area contributed by atoms with E-state index in [0.717, 1.165) is 29.5 Å². The van der Waals surface area contributed by atoms with Gasteiger partial charge in [-0.3, -0.25) is 19.2 Å². The zero-order valence-corrected chi connectivity index (χ0v) is 44.9. The van der Waals surface area contributed by atoms with Gasteiger partial charge in [-0.15, -0.1) is 0 Å². The number of amides is 4. The lowest BCUT2D eigenvalue weighted by Gasteiger charge is -2.34. The van der Waals surface area contributed by atoms with Crippen molar-refractivity contribution in [1.29, 1.82) is 0 Å². The zero-order chi connectivity index (χ0) is 54.8. The van der Waals surface area contributed by atoms with Crippen LogP contribution in [0.2, 0.25) is 0 Å². The lowest BCUT2D eigenvalue weighted by atomic mass is 10.1. The molecular formula is C54H66N12O11. The Bertz CT molecular complexity index is 3250. The minimum atomic E-state index is -0.868. The van der Waals surface area contributed by atoms with Crippen LogP contribution in [0.1, 0.15) is 85.7 Å². The van der Waals surface area contributed by atoms with Gasteiger partial charge in [0.05, 0.1) is 80.9 Å². The third-order valence-corrected chi connectivity index (χ3v) is 12.8. The molecule has 23 heteroatoms. The molecule has 0 aliphatic carbocycles. The van der Waals surface area contributed by atoms with Gasteiger partial charge >= 0.3 is 30.1 Å². The highest BCUT2D eigenvalue weighted by molar-refractivity contribution is 5.96. The first-order valence-electron chi connectivity index (χ1n) is 25.8. The number of fused-ring (bicyclic) bond motifs is 2. The molecule has 2 aliphatic heterocycles. The molecule has 0 fully saturated rings. The number of urea groups is 2. The smallest absolute Gasteiger partial charge is 0.446 e. The molecule has 7 heterocycles. The molecule has 23 nitrogen and oxygen atoms in total. The quantitative estimate of drug-likeness (QED) is 0.0654. The number of aryl methyl sites for hydroxylation is 3. The number of imidazole rings is 2. The van der Waals surface area contributed by atoms with Crippen molar-refractivity contribution in [1.82, 2.24) is 48.5 Å². The van der Waals surface area contributed by atoms with Crippen LogP contribution in [0.3, 0.4) is 0 Å². The molecule has 9 rings (SSSR count). The number of rotatable bonds is 20. The number of anilines is 2. The standard InChI is InChI=1S/C27H30N6O6.C27H36N6O5/c1-5-10-30-15-21-24(32(6-2)25(30)34)29-23(33(21)26(35)37-16-22-18(4)38-27(36)39-22)20-12-28-31(14-20)13-19-9-7-8-17(3)11-19;1-5-10-30-19-23-25(32(6-2)26(30)34)29-24(33(23)27(35)38-14-13-37-12-11-36-4)22-16-28-31(18-22)17-21-9-7-8-20(3)15-21/h7-9,11-12,14H,5-6,10,13,15-16H2,1-4H3;7-9,15-16,18H,5-6,10-14,17,19H2,1-4H3. The molecule has 0 spiro atoms. The fraction of sp³-hybridized carbons (Fsp3) is 0.426. The number of carbonyl (C=O) groups is 4. The van der Waals surface area contributed by atoms with E-state index in [2.05, 4.69) is 35.3 Å². The SMILES string of the molecule is CCCN1Cc2c(nc(-c3cnn(Cc4cccc(C)c4)c3)n2C(=O)OCCOCCOC)N(CC)C1=O.CCCN1Cc2c(nc(-c3cnn(Cc4cccc(C)c4)c3)n2C(=O)OCc2oc(=O)oc2C)N(CC)C1=O. The van der Waals surface area contributed by atoms with E-state index >= 15 is 0 Å². The van der Waals surface area contributed by atoms with Crippen molar-refractivity contribution in [3.05, 3.63) is 129 Å². The first-order chi connectivity index (χ1) is 37.2. The van der Waals surface area contributed by atoms with Crippen LogP contribution in [0.15, 0.2) is 86.9 Å². The number of carbonyl (C=O) groups excluding carboxylic acids is 4. The maximum atomic E-state index is 13.5. The van der Waals surface area contributed by atoms with E-state index in [1.54, 1.807) is 56.9 Å². The van der Waals surface area contributed by atoms with Crippen LogP contribution in [0.25, 0.3) is 22.8 Å². The van der Waals surface area contributed by atoms with Crippen LogP contribution in [-0.2, 0) is 51.7 Å². The van der Waals surface area contributed by atoms with Gasteiger partial charge in [-0.25, -0.2) is 43.1 Å². The highest BCUT2D eigenvalue weighted by Crippen LogP contribution is 2.35. The van der Waals surface area contributed by atoms with E-state index < -0.39 is 18.0 Å². The van der Waals surface area contributed by atoms with E-state index in [1.165, 1.54) is 14.7 Å². The highest BCUT2D eigenvalue weighted by atomic mass is 16.6. The second-order valence-electron chi connectivity index (χ2n) is 18.5. The summed E-state index contributed by atoms with van der Waals surface area (Å²) in [5, 5.41) is 9.00. The molecule has 0 unspecified atom stereocenters. The summed E-state index contributed by atoms with van der Waals surface area (Å²) in [6, 6.07) is 16.1. The Morgan fingerprint density at radius 3 is 1.57 bits per heavy atom. The Labute approximate surface area is 445 Å². The number of methoxy groups -OCH3 is 1. The van der Waals surface area contributed by atoms with Crippen molar-refractivity contribution in [3.63, 3.8) is 0 Å². The molecule has 0 bridgehead atoms. The second-order valence-corrected chi connectivity index (χ2v) is 18.5. The maximum Gasteiger partial charge on any atom is 0.519 e. The van der Waals surface area contributed by atoms with Gasteiger partial charge in [0.15, 0.2) is 41.4 Å². The molecule has 2 aliphatic rings. The largest absolute Gasteiger partial charge is 0.519 e. The number of hydrogen-bond donors (Lipinski definition) is 0. The number of hydrogen-bond acceptors (Lipinski definition) is 15. The van der Waals surface area contributed by atoms with Gasteiger partial charge in [0.25, 0.3) is 0 Å². The zero-order valence-electron chi connectivity index (χ0n) is 44.9. The van der Waals surface area contributed by atoms with Gasteiger partial charge in [-0.2, -0.15) is 10.2 Å². The molecule has 5 aromatic heterocycles. The molecule has 0 atom stereocenters. The molecule has 4 amide bonds. The minimum absolute atomic E-state index is 0.0800. The molecule has 0 saturated carbocycles. The third kappa shape index (κ3) is 12.5. The van der Waals surface area contributed by atoms with E-state index in [4.69, 9.17) is 37.7 Å². The van der Waals surface area contributed by atoms with Gasteiger partial charge in [0.2, 0.25) is 0 Å². The first kappa shape index (κ1) is 54.9. The van der Waals surface area contributed by atoms with Crippen LogP contribution in [0, 0.1) is 20.8 Å². The predicted molar refractivity (Wildman–Crippen MR) is 283 cm³/mol. The van der Waals surface area contributed by atoms with Crippen molar-refractivity contribution in [2.24, 2.45) is 0 Å². The summed E-state index contributed by atoms with van der Waals surface area (Å²) in [7, 11) is 1.60. The summed E-state index contributed by atoms with van der Waals surface area (Å²) < 4.78 is 37.8. The van der Waals surface area contributed by atoms with Gasteiger partial charge < -0.3 is 37.6 Å². The van der Waals surface area contributed by atoms with E-state index in [0.29, 0.717) is 98.3 Å². The van der Waals surface area contributed by atoms with Crippen LogP contribution < -0.4 is 15.6 Å². The lowest BCUT2D eigenvalue weighted by Crippen LogP contribution is -2.48. The van der Waals surface area contributed by atoms with E-state index in [-0.39, 0.29) is 56.5 Å². The molecule has 0 saturated heterocycles. The number of ether oxygens (including phenoxy) is 4. The molecule has 408 valence electrons. The summed E-state index contributed by atoms with van der Waals surface area (Å²) in [6.07, 6.45) is 7.24. The summed E-state index contributed by atoms with van der Waals surface area (Å²) >= 11 is 0. The van der Waals surface area contributed by atoms with Crippen molar-refractivity contribution in [3.8, 4) is 22.8 Å². The van der Waals surface area contributed by atoms with Crippen molar-refractivity contribution >= 4 is 35.9 Å². The number of aromatic nitrogens is 8. The minimum Gasteiger partial charge on any atom is -0.446 e. The third-order valence-electron chi connectivity index (χ3n) is 12.8. The molecule has 7 aromatic rings. The molecular weight excluding hydrogens is 993 g/mol. The van der Waals surface area contributed by atoms with Crippen molar-refractivity contribution < 1.29 is 47.0 Å². The molecule has 2 aromatic carbocycles. The fourth-order valence-corrected chi connectivity index (χ4v) is 9.18. The summed E-state index contributed by atoms with van der Waals surface area (Å²) in [6.45, 7) is 17.8. The fourth-order valence-electron chi connectivity index (χ4n) is 9.18. The van der Waals surface area contributed by atoms with Gasteiger partial charge in [-0.05, 0) is 58.6 Å². The highest BCUT2D eigenvalue weighted by Gasteiger charge is 2.39. The summed E-state index contributed by atoms with van der Waals surface area (Å²) in [4.78, 5) is 80.7. The van der Waals surface area contributed by atoms with Crippen LogP contribution >= 0.6 is 0 Å². The lowest BCUT2D eigenvalue weighted by molar-refractivity contribution is 0.0423. The normalized spacial score (nSPS) is 13.2. The van der Waals surface area contributed by atoms with Crippen LogP contribution in [0.4, 0.5) is 30.8 Å². The predicted octanol–water partition coefficient (Wildman–Crippen LogP) is 8.24. The van der Waals surface area contributed by atoms with Crippen molar-refractivity contribution in [2.45, 2.75) is 94.1 Å². The van der Waals surface area contributed by atoms with Gasteiger partial charge in [0.1, 0.15) is 6.61 Å². The van der Waals surface area contributed by atoms with Gasteiger partial charge in [-0.1, -0.05) is 73.5 Å². The average Bonchev–Trinajstić information content (AvgIpc) is 4.31. The molecule has 0 radical (unpaired) electrons. The summed E-state index contributed by atoms with van der Waals surface area (Å²) in [5.41, 5.74) is 6.92. The van der Waals surface area contributed by atoms with Gasteiger partial charge in [0, 0.05) is 45.7 Å². The average molecular weight is 1060 g/mol. The Kier molecular flexibility index (Phi) is 17.9. The van der Waals surface area contributed by atoms with Crippen molar-refractivity contribution in [2.75, 3.05) is 69.5 Å². The number of nitrogens with zero attached hydrogens (tertiary/aromatic N) is 12. The van der Waals surface area contributed by atoms with E-state index in [9.17, 15) is 24.0 Å². The summed E-state index contributed by atoms with van der Waals surface area (Å²) in [5.74, 6) is 1.05. The Morgan fingerprint density at radius 1 is 0.636 bits per heavy atom. The molecule has 77 heavy (non-hydrogen) atoms. The second kappa shape index (κ2) is 25.0. The Balaban J connectivity index is 0.000000204. The number of benzene rings is 2. The Morgan fingerprint density at radius 2 is 1.13 bits per heavy atom.